The summed E-state index contributed by atoms with van der Waals surface area (Å²) >= 11 is 0. The van der Waals surface area contributed by atoms with Gasteiger partial charge < -0.3 is 0 Å². The fourth-order valence-electron chi connectivity index (χ4n) is 5.45. The van der Waals surface area contributed by atoms with Gasteiger partial charge in [-0.1, -0.05) is 72.8 Å². The van der Waals surface area contributed by atoms with Crippen LogP contribution in [-0.4, -0.2) is 29.9 Å². The Labute approximate surface area is 285 Å². The molecule has 0 saturated carbocycles. The smallest absolute Gasteiger partial charge is 0.0971 e. The molecule has 6 heterocycles. The van der Waals surface area contributed by atoms with E-state index >= 15 is 0 Å². The molecule has 0 bridgehead atoms. The fourth-order valence-corrected chi connectivity index (χ4v) is 5.45. The van der Waals surface area contributed by atoms with Crippen molar-refractivity contribution in [2.24, 2.45) is 0 Å². The molecule has 0 atom stereocenters. The van der Waals surface area contributed by atoms with Crippen molar-refractivity contribution in [1.29, 1.82) is 0 Å². The van der Waals surface area contributed by atoms with Crippen LogP contribution in [-0.2, 0) is 19.5 Å². The summed E-state index contributed by atoms with van der Waals surface area (Å²) in [4.78, 5) is 25.9. The summed E-state index contributed by atoms with van der Waals surface area (Å²) in [5.41, 5.74) is 5.61. The van der Waals surface area contributed by atoms with Gasteiger partial charge in [0.1, 0.15) is 0 Å². The van der Waals surface area contributed by atoms with Crippen molar-refractivity contribution < 1.29 is 19.5 Å². The molecule has 0 aliphatic carbocycles. The van der Waals surface area contributed by atoms with Crippen molar-refractivity contribution in [3.8, 4) is 22.8 Å². The second-order valence-electron chi connectivity index (χ2n) is 10.4. The first-order valence-electron chi connectivity index (χ1n) is 14.9. The molecule has 0 aliphatic heterocycles. The first-order chi connectivity index (χ1) is 22.9. The zero-order valence-corrected chi connectivity index (χ0v) is 26.9. The van der Waals surface area contributed by atoms with E-state index in [2.05, 4.69) is 78.4 Å². The van der Waals surface area contributed by atoms with E-state index in [9.17, 15) is 0 Å². The Balaban J connectivity index is 0.000000132. The van der Waals surface area contributed by atoms with E-state index < -0.39 is 0 Å². The summed E-state index contributed by atoms with van der Waals surface area (Å²) in [5, 5.41) is 7.35. The van der Waals surface area contributed by atoms with Crippen LogP contribution in [0.25, 0.3) is 66.1 Å². The molecule has 0 radical (unpaired) electrons. The number of pyridine rings is 6. The van der Waals surface area contributed by atoms with Crippen molar-refractivity contribution in [3.63, 3.8) is 0 Å². The summed E-state index contributed by atoms with van der Waals surface area (Å²) in [6.45, 7) is 0. The fraction of sp³-hybridized carbons (Fsp3) is 0. The molecule has 226 valence electrons. The summed E-state index contributed by atoms with van der Waals surface area (Å²) in [6, 6.07) is 44.4. The van der Waals surface area contributed by atoms with E-state index in [1.807, 2.05) is 97.3 Å². The summed E-state index contributed by atoms with van der Waals surface area (Å²) in [6.07, 6.45) is 10.7. The Hall–Kier alpha value is -5.78. The first-order valence-corrected chi connectivity index (χ1v) is 14.9. The van der Waals surface area contributed by atoms with Crippen molar-refractivity contribution in [2.75, 3.05) is 0 Å². The van der Waals surface area contributed by atoms with Crippen LogP contribution in [0.15, 0.2) is 171 Å². The predicted molar refractivity (Wildman–Crippen MR) is 187 cm³/mol. The van der Waals surface area contributed by atoms with E-state index in [0.29, 0.717) is 0 Å². The topological polar surface area (TPSA) is 77.3 Å². The standard InChI is InChI=1S/C20H12N2.2C10H8N2.Ru/c1-2-6-14-13(5-1)9-10-15-16-7-3-11-21-19(16)20-17(18(14)15)8-4-12-22-20;2*1-3-7-11-9(5-1)10-6-2-4-8-12-10;/h1-12H;2*1-8H;. The third-order valence-corrected chi connectivity index (χ3v) is 7.51. The van der Waals surface area contributed by atoms with Crippen molar-refractivity contribution in [1.82, 2.24) is 29.9 Å². The molecule has 0 spiro atoms. The van der Waals surface area contributed by atoms with Crippen molar-refractivity contribution in [3.05, 3.63) is 171 Å². The van der Waals surface area contributed by atoms with Gasteiger partial charge in [-0.3, -0.25) is 29.9 Å². The quantitative estimate of drug-likeness (QED) is 0.133. The summed E-state index contributed by atoms with van der Waals surface area (Å²) in [5.74, 6) is 0. The Morgan fingerprint density at radius 3 is 1.17 bits per heavy atom. The second-order valence-corrected chi connectivity index (χ2v) is 10.4. The summed E-state index contributed by atoms with van der Waals surface area (Å²) in [7, 11) is 0. The number of hydrogen-bond donors (Lipinski definition) is 0. The van der Waals surface area contributed by atoms with Gasteiger partial charge in [0.25, 0.3) is 0 Å². The van der Waals surface area contributed by atoms with Crippen LogP contribution in [0.3, 0.4) is 0 Å². The first kappa shape index (κ1) is 31.2. The number of rotatable bonds is 2. The van der Waals surface area contributed by atoms with Crippen LogP contribution < -0.4 is 0 Å². The maximum Gasteiger partial charge on any atom is 0.0971 e. The molecule has 9 aromatic rings. The van der Waals surface area contributed by atoms with Gasteiger partial charge in [-0.25, -0.2) is 0 Å². The molecule has 0 aliphatic rings. The van der Waals surface area contributed by atoms with E-state index in [0.717, 1.165) is 39.2 Å². The van der Waals surface area contributed by atoms with Gasteiger partial charge in [-0.15, -0.1) is 0 Å². The maximum atomic E-state index is 4.60. The minimum atomic E-state index is 0. The van der Waals surface area contributed by atoms with E-state index in [-0.39, 0.29) is 19.5 Å². The van der Waals surface area contributed by atoms with E-state index in [1.165, 1.54) is 26.9 Å². The monoisotopic (exact) mass is 694 g/mol. The van der Waals surface area contributed by atoms with E-state index in [1.54, 1.807) is 24.8 Å². The predicted octanol–water partition coefficient (Wildman–Crippen LogP) is 9.37. The van der Waals surface area contributed by atoms with Crippen LogP contribution in [0.1, 0.15) is 0 Å². The molecule has 3 aromatic carbocycles. The van der Waals surface area contributed by atoms with Crippen LogP contribution in [0.4, 0.5) is 0 Å². The van der Waals surface area contributed by atoms with Gasteiger partial charge in [0, 0.05) is 67.4 Å². The van der Waals surface area contributed by atoms with Gasteiger partial charge >= 0.3 is 0 Å². The minimum absolute atomic E-state index is 0. The zero-order valence-electron chi connectivity index (χ0n) is 25.2. The SMILES string of the molecule is [Ru].c1ccc(-c2ccccn2)nc1.c1ccc(-c2ccccn2)nc1.c1ccc2c(c1)ccc1c3cccnc3c3ncccc3c21. The largest absolute Gasteiger partial charge is 0.255 e. The van der Waals surface area contributed by atoms with Crippen molar-refractivity contribution in [2.45, 2.75) is 0 Å². The molecule has 0 fully saturated rings. The Morgan fingerprint density at radius 1 is 0.277 bits per heavy atom. The minimum Gasteiger partial charge on any atom is -0.255 e. The normalized spacial score (nSPS) is 10.4. The average Bonchev–Trinajstić information content (AvgIpc) is 3.16. The molecule has 0 N–H and O–H groups in total. The van der Waals surface area contributed by atoms with Crippen LogP contribution >= 0.6 is 0 Å². The molecule has 6 aromatic heterocycles. The average molecular weight is 694 g/mol. The molecule has 0 amide bonds. The Morgan fingerprint density at radius 2 is 0.681 bits per heavy atom. The molecular formula is C40H28N6Ru. The van der Waals surface area contributed by atoms with Crippen LogP contribution in [0, 0.1) is 0 Å². The number of fused-ring (bicyclic) bond motifs is 8. The number of nitrogens with zero attached hydrogens (tertiary/aromatic N) is 6. The Bertz CT molecular complexity index is 2160. The third-order valence-electron chi connectivity index (χ3n) is 7.51. The van der Waals surface area contributed by atoms with Gasteiger partial charge in [0.2, 0.25) is 0 Å². The number of aromatic nitrogens is 6. The van der Waals surface area contributed by atoms with Gasteiger partial charge in [0.15, 0.2) is 0 Å². The van der Waals surface area contributed by atoms with Crippen LogP contribution in [0.2, 0.25) is 0 Å². The summed E-state index contributed by atoms with van der Waals surface area (Å²) < 4.78 is 0. The van der Waals surface area contributed by atoms with Gasteiger partial charge in [0.05, 0.1) is 33.8 Å². The maximum absolute atomic E-state index is 4.60. The van der Waals surface area contributed by atoms with Gasteiger partial charge in [-0.2, -0.15) is 0 Å². The Kier molecular flexibility index (Phi) is 9.96. The number of hydrogen-bond acceptors (Lipinski definition) is 6. The van der Waals surface area contributed by atoms with Gasteiger partial charge in [-0.05, 0) is 82.2 Å². The second kappa shape index (κ2) is 15.0. The van der Waals surface area contributed by atoms with Crippen LogP contribution in [0.5, 0.6) is 0 Å². The van der Waals surface area contributed by atoms with E-state index in [4.69, 9.17) is 0 Å². The molecule has 7 heteroatoms. The number of benzene rings is 3. The molecule has 6 nitrogen and oxygen atoms in total. The van der Waals surface area contributed by atoms with Crippen molar-refractivity contribution >= 4 is 43.4 Å². The molecule has 0 unspecified atom stereocenters. The molecule has 0 saturated heterocycles. The molecular weight excluding hydrogens is 666 g/mol. The zero-order chi connectivity index (χ0) is 31.0. The third kappa shape index (κ3) is 6.91. The molecule has 9 rings (SSSR count). The molecule has 47 heavy (non-hydrogen) atoms.